The van der Waals surface area contributed by atoms with Crippen molar-refractivity contribution in [1.82, 2.24) is 5.32 Å². The number of nitrogens with one attached hydrogen (secondary N) is 1. The largest absolute Gasteiger partial charge is 0.484 e. The molecule has 0 aliphatic carbocycles. The van der Waals surface area contributed by atoms with E-state index >= 15 is 0 Å². The van der Waals surface area contributed by atoms with Gasteiger partial charge in [-0.25, -0.2) is 0 Å². The van der Waals surface area contributed by atoms with Gasteiger partial charge in [0.2, 0.25) is 0 Å². The zero-order valence-corrected chi connectivity index (χ0v) is 13.5. The zero-order valence-electron chi connectivity index (χ0n) is 13.5. The second-order valence-electron chi connectivity index (χ2n) is 5.03. The second-order valence-corrected chi connectivity index (χ2v) is 5.03. The molecule has 122 valence electrons. The third-order valence-electron chi connectivity index (χ3n) is 3.25. The number of hydrogen-bond donors (Lipinski definition) is 1. The van der Waals surface area contributed by atoms with E-state index < -0.39 is 0 Å². The van der Waals surface area contributed by atoms with Crippen molar-refractivity contribution in [3.63, 3.8) is 0 Å². The molecule has 0 radical (unpaired) electrons. The molecule has 2 rings (SSSR count). The molecule has 2 aromatic carbocycles. The number of ether oxygens (including phenoxy) is 1. The number of amides is 1. The summed E-state index contributed by atoms with van der Waals surface area (Å²) in [6.45, 7) is 1.99. The highest BCUT2D eigenvalue weighted by molar-refractivity contribution is 5.95. The lowest BCUT2D eigenvalue weighted by atomic mass is 10.1. The molecular weight excluding hydrogens is 302 g/mol. The number of benzene rings is 2. The van der Waals surface area contributed by atoms with Gasteiger partial charge in [-0.15, -0.1) is 0 Å². The van der Waals surface area contributed by atoms with Gasteiger partial charge in [0.1, 0.15) is 5.75 Å². The van der Waals surface area contributed by atoms with Gasteiger partial charge in [-0.3, -0.25) is 9.59 Å². The number of carbonyl (C=O) groups is 2. The Kier molecular flexibility index (Phi) is 6.60. The predicted molar refractivity (Wildman–Crippen MR) is 92.9 cm³/mol. The van der Waals surface area contributed by atoms with Crippen LogP contribution in [0.3, 0.4) is 0 Å². The van der Waals surface area contributed by atoms with Gasteiger partial charge in [-0.05, 0) is 36.4 Å². The van der Waals surface area contributed by atoms with Crippen LogP contribution in [-0.4, -0.2) is 24.8 Å². The Hall–Kier alpha value is -3.06. The lowest BCUT2D eigenvalue weighted by molar-refractivity contribution is -0.122. The van der Waals surface area contributed by atoms with E-state index in [0.29, 0.717) is 17.7 Å². The molecule has 1 N–H and O–H groups in total. The van der Waals surface area contributed by atoms with Crippen LogP contribution in [0.1, 0.15) is 29.3 Å². The van der Waals surface area contributed by atoms with Crippen LogP contribution in [0.2, 0.25) is 0 Å². The van der Waals surface area contributed by atoms with Crippen LogP contribution in [0.5, 0.6) is 5.75 Å². The molecule has 24 heavy (non-hydrogen) atoms. The average Bonchev–Trinajstić information content (AvgIpc) is 2.64. The van der Waals surface area contributed by atoms with Crippen molar-refractivity contribution in [3.05, 3.63) is 65.7 Å². The SMILES string of the molecule is CCC(=O)c1ccc(OCC(=O)NCC#Cc2ccccc2)cc1. The minimum absolute atomic E-state index is 0.0799. The van der Waals surface area contributed by atoms with Gasteiger partial charge in [0.05, 0.1) is 6.54 Å². The summed E-state index contributed by atoms with van der Waals surface area (Å²) in [5.74, 6) is 6.23. The minimum Gasteiger partial charge on any atom is -0.484 e. The van der Waals surface area contributed by atoms with Crippen LogP contribution >= 0.6 is 0 Å². The molecule has 0 aromatic heterocycles. The fourth-order valence-corrected chi connectivity index (χ4v) is 1.95. The van der Waals surface area contributed by atoms with Crippen molar-refractivity contribution in [2.24, 2.45) is 0 Å². The maximum Gasteiger partial charge on any atom is 0.258 e. The van der Waals surface area contributed by atoms with Crippen molar-refractivity contribution in [3.8, 4) is 17.6 Å². The Morgan fingerprint density at radius 2 is 1.75 bits per heavy atom. The molecule has 0 spiro atoms. The highest BCUT2D eigenvalue weighted by Crippen LogP contribution is 2.13. The Morgan fingerprint density at radius 3 is 2.42 bits per heavy atom. The third kappa shape index (κ3) is 5.62. The van der Waals surface area contributed by atoms with E-state index in [1.807, 2.05) is 37.3 Å². The molecule has 0 saturated heterocycles. The smallest absolute Gasteiger partial charge is 0.258 e. The van der Waals surface area contributed by atoms with Crippen LogP contribution in [0.15, 0.2) is 54.6 Å². The fraction of sp³-hybridized carbons (Fsp3) is 0.200. The van der Waals surface area contributed by atoms with E-state index in [-0.39, 0.29) is 24.8 Å². The Balaban J connectivity index is 1.73. The first-order chi connectivity index (χ1) is 11.7. The van der Waals surface area contributed by atoms with E-state index in [0.717, 1.165) is 5.56 Å². The lowest BCUT2D eigenvalue weighted by Gasteiger charge is -2.06. The minimum atomic E-state index is -0.244. The van der Waals surface area contributed by atoms with Crippen LogP contribution in [0.4, 0.5) is 0 Å². The molecule has 0 aliphatic rings. The summed E-state index contributed by atoms with van der Waals surface area (Å²) in [5.41, 5.74) is 1.55. The van der Waals surface area contributed by atoms with Crippen LogP contribution < -0.4 is 10.1 Å². The average molecular weight is 321 g/mol. The summed E-state index contributed by atoms with van der Waals surface area (Å²) in [4.78, 5) is 23.2. The van der Waals surface area contributed by atoms with E-state index in [2.05, 4.69) is 17.2 Å². The number of carbonyl (C=O) groups excluding carboxylic acids is 2. The van der Waals surface area contributed by atoms with E-state index in [1.54, 1.807) is 24.3 Å². The van der Waals surface area contributed by atoms with E-state index in [9.17, 15) is 9.59 Å². The normalized spacial score (nSPS) is 9.54. The monoisotopic (exact) mass is 321 g/mol. The van der Waals surface area contributed by atoms with Crippen LogP contribution in [0.25, 0.3) is 0 Å². The highest BCUT2D eigenvalue weighted by Gasteiger charge is 2.04. The lowest BCUT2D eigenvalue weighted by Crippen LogP contribution is -2.29. The molecule has 2 aromatic rings. The predicted octanol–water partition coefficient (Wildman–Crippen LogP) is 2.83. The molecule has 0 atom stereocenters. The van der Waals surface area contributed by atoms with Crippen molar-refractivity contribution in [2.45, 2.75) is 13.3 Å². The van der Waals surface area contributed by atoms with Crippen LogP contribution in [0, 0.1) is 11.8 Å². The Morgan fingerprint density at radius 1 is 1.04 bits per heavy atom. The van der Waals surface area contributed by atoms with Crippen molar-refractivity contribution in [1.29, 1.82) is 0 Å². The van der Waals surface area contributed by atoms with Crippen molar-refractivity contribution in [2.75, 3.05) is 13.2 Å². The Bertz CT molecular complexity index is 740. The maximum atomic E-state index is 11.7. The summed E-state index contributed by atoms with van der Waals surface area (Å²) in [7, 11) is 0. The summed E-state index contributed by atoms with van der Waals surface area (Å²) >= 11 is 0. The number of ketones is 1. The number of Topliss-reactive ketones (excluding diaryl/α,β-unsaturated/α-hetero) is 1. The van der Waals surface area contributed by atoms with Crippen molar-refractivity contribution < 1.29 is 14.3 Å². The van der Waals surface area contributed by atoms with Gasteiger partial charge in [0.25, 0.3) is 5.91 Å². The molecule has 0 unspecified atom stereocenters. The molecule has 0 heterocycles. The molecule has 0 bridgehead atoms. The summed E-state index contributed by atoms with van der Waals surface area (Å²) in [5, 5.41) is 2.67. The molecule has 4 heteroatoms. The van der Waals surface area contributed by atoms with Gasteiger partial charge >= 0.3 is 0 Å². The third-order valence-corrected chi connectivity index (χ3v) is 3.25. The van der Waals surface area contributed by atoms with Crippen LogP contribution in [-0.2, 0) is 4.79 Å². The van der Waals surface area contributed by atoms with Gasteiger partial charge in [0.15, 0.2) is 12.4 Å². The molecular formula is C20H19NO3. The first kappa shape index (κ1) is 17.3. The maximum absolute atomic E-state index is 11.7. The molecule has 0 fully saturated rings. The molecule has 4 nitrogen and oxygen atoms in total. The molecule has 0 aliphatic heterocycles. The number of hydrogen-bond acceptors (Lipinski definition) is 3. The molecule has 0 saturated carbocycles. The summed E-state index contributed by atoms with van der Waals surface area (Å²) in [6.07, 6.45) is 0.465. The van der Waals surface area contributed by atoms with Gasteiger partial charge < -0.3 is 10.1 Å². The highest BCUT2D eigenvalue weighted by atomic mass is 16.5. The van der Waals surface area contributed by atoms with Gasteiger partial charge in [-0.1, -0.05) is 37.0 Å². The van der Waals surface area contributed by atoms with E-state index in [4.69, 9.17) is 4.74 Å². The zero-order chi connectivity index (χ0) is 17.2. The first-order valence-corrected chi connectivity index (χ1v) is 7.75. The van der Waals surface area contributed by atoms with Gasteiger partial charge in [-0.2, -0.15) is 0 Å². The van der Waals surface area contributed by atoms with Gasteiger partial charge in [0, 0.05) is 17.5 Å². The fourth-order valence-electron chi connectivity index (χ4n) is 1.95. The van der Waals surface area contributed by atoms with Crippen molar-refractivity contribution >= 4 is 11.7 Å². The first-order valence-electron chi connectivity index (χ1n) is 7.75. The Labute approximate surface area is 141 Å². The summed E-state index contributed by atoms with van der Waals surface area (Å²) in [6, 6.07) is 16.3. The number of rotatable bonds is 6. The quantitative estimate of drug-likeness (QED) is 0.657. The topological polar surface area (TPSA) is 55.4 Å². The second kappa shape index (κ2) is 9.16. The summed E-state index contributed by atoms with van der Waals surface area (Å²) < 4.78 is 5.38. The standard InChI is InChI=1S/C20H19NO3/c1-2-19(22)17-10-12-18(13-11-17)24-15-20(23)21-14-6-9-16-7-4-3-5-8-16/h3-5,7-8,10-13H,2,14-15H2,1H3,(H,21,23). The molecule has 1 amide bonds. The van der Waals surface area contributed by atoms with E-state index in [1.165, 1.54) is 0 Å².